The Balaban J connectivity index is 1.94. The molecule has 0 radical (unpaired) electrons. The summed E-state index contributed by atoms with van der Waals surface area (Å²) in [7, 11) is 0. The summed E-state index contributed by atoms with van der Waals surface area (Å²) in [6, 6.07) is 8.24. The van der Waals surface area contributed by atoms with E-state index >= 15 is 0 Å². The SMILES string of the molecule is CC1CCN(c2nc(CN)cc(-c3ccc(F)cc3)n2)CC1. The highest BCUT2D eigenvalue weighted by molar-refractivity contribution is 5.61. The highest BCUT2D eigenvalue weighted by Crippen LogP contribution is 2.24. The molecule has 1 saturated heterocycles. The van der Waals surface area contributed by atoms with Crippen LogP contribution in [-0.4, -0.2) is 23.1 Å². The Hall–Kier alpha value is -2.01. The molecule has 22 heavy (non-hydrogen) atoms. The normalized spacial score (nSPS) is 16.0. The van der Waals surface area contributed by atoms with Crippen molar-refractivity contribution in [2.45, 2.75) is 26.3 Å². The molecule has 2 N–H and O–H groups in total. The minimum Gasteiger partial charge on any atom is -0.341 e. The van der Waals surface area contributed by atoms with Gasteiger partial charge >= 0.3 is 0 Å². The molecule has 1 aromatic heterocycles. The van der Waals surface area contributed by atoms with Gasteiger partial charge in [-0.2, -0.15) is 0 Å². The van der Waals surface area contributed by atoms with Gasteiger partial charge in [0.25, 0.3) is 0 Å². The molecule has 2 heterocycles. The molecule has 2 aromatic rings. The molecule has 0 bridgehead atoms. The van der Waals surface area contributed by atoms with Crippen LogP contribution < -0.4 is 10.6 Å². The Bertz CT molecular complexity index is 634. The predicted octanol–water partition coefficient (Wildman–Crippen LogP) is 2.98. The number of halogens is 1. The van der Waals surface area contributed by atoms with Gasteiger partial charge < -0.3 is 10.6 Å². The van der Waals surface area contributed by atoms with E-state index in [1.807, 2.05) is 6.07 Å². The van der Waals surface area contributed by atoms with Crippen LogP contribution in [0, 0.1) is 11.7 Å². The van der Waals surface area contributed by atoms with Crippen molar-refractivity contribution >= 4 is 5.95 Å². The average Bonchev–Trinajstić information content (AvgIpc) is 2.55. The predicted molar refractivity (Wildman–Crippen MR) is 85.9 cm³/mol. The van der Waals surface area contributed by atoms with Crippen molar-refractivity contribution < 1.29 is 4.39 Å². The van der Waals surface area contributed by atoms with Crippen LogP contribution in [0.3, 0.4) is 0 Å². The number of hydrogen-bond acceptors (Lipinski definition) is 4. The maximum Gasteiger partial charge on any atom is 0.226 e. The number of anilines is 1. The molecule has 1 aliphatic rings. The van der Waals surface area contributed by atoms with Gasteiger partial charge in [0, 0.05) is 25.2 Å². The van der Waals surface area contributed by atoms with Crippen molar-refractivity contribution in [3.05, 3.63) is 41.8 Å². The average molecular weight is 300 g/mol. The van der Waals surface area contributed by atoms with E-state index in [2.05, 4.69) is 21.8 Å². The van der Waals surface area contributed by atoms with Crippen LogP contribution in [0.1, 0.15) is 25.5 Å². The summed E-state index contributed by atoms with van der Waals surface area (Å²) in [5.41, 5.74) is 8.26. The molecule has 0 aliphatic carbocycles. The lowest BCUT2D eigenvalue weighted by Crippen LogP contribution is -2.34. The van der Waals surface area contributed by atoms with Gasteiger partial charge in [-0.3, -0.25) is 0 Å². The third-order valence-corrected chi connectivity index (χ3v) is 4.18. The summed E-state index contributed by atoms with van der Waals surface area (Å²) in [6.45, 7) is 4.59. The van der Waals surface area contributed by atoms with Crippen molar-refractivity contribution in [2.75, 3.05) is 18.0 Å². The number of aromatic nitrogens is 2. The van der Waals surface area contributed by atoms with Crippen LogP contribution in [0.25, 0.3) is 11.3 Å². The maximum absolute atomic E-state index is 13.1. The van der Waals surface area contributed by atoms with Crippen molar-refractivity contribution in [3.8, 4) is 11.3 Å². The van der Waals surface area contributed by atoms with E-state index in [1.165, 1.54) is 12.1 Å². The van der Waals surface area contributed by atoms with Gasteiger partial charge in [0.2, 0.25) is 5.95 Å². The maximum atomic E-state index is 13.1. The molecule has 4 nitrogen and oxygen atoms in total. The van der Waals surface area contributed by atoms with Gasteiger partial charge in [-0.15, -0.1) is 0 Å². The van der Waals surface area contributed by atoms with E-state index in [4.69, 9.17) is 5.73 Å². The van der Waals surface area contributed by atoms with Crippen molar-refractivity contribution in [1.82, 2.24) is 9.97 Å². The van der Waals surface area contributed by atoms with Gasteiger partial charge in [0.05, 0.1) is 11.4 Å². The first-order valence-electron chi connectivity index (χ1n) is 7.74. The molecule has 0 saturated carbocycles. The van der Waals surface area contributed by atoms with Crippen LogP contribution in [0.2, 0.25) is 0 Å². The molecule has 0 spiro atoms. The Morgan fingerprint density at radius 3 is 2.50 bits per heavy atom. The van der Waals surface area contributed by atoms with E-state index < -0.39 is 0 Å². The van der Waals surface area contributed by atoms with Crippen LogP contribution in [0.15, 0.2) is 30.3 Å². The van der Waals surface area contributed by atoms with E-state index in [-0.39, 0.29) is 5.82 Å². The number of rotatable bonds is 3. The second-order valence-electron chi connectivity index (χ2n) is 5.93. The molecule has 1 aromatic carbocycles. The lowest BCUT2D eigenvalue weighted by atomic mass is 10.00. The summed E-state index contributed by atoms with van der Waals surface area (Å²) in [4.78, 5) is 11.4. The van der Waals surface area contributed by atoms with Gasteiger partial charge in [-0.25, -0.2) is 14.4 Å². The monoisotopic (exact) mass is 300 g/mol. The number of nitrogens with two attached hydrogens (primary N) is 1. The van der Waals surface area contributed by atoms with E-state index in [9.17, 15) is 4.39 Å². The second kappa shape index (κ2) is 6.40. The fourth-order valence-electron chi connectivity index (χ4n) is 2.71. The summed E-state index contributed by atoms with van der Waals surface area (Å²) < 4.78 is 13.1. The smallest absolute Gasteiger partial charge is 0.226 e. The summed E-state index contributed by atoms with van der Waals surface area (Å²) in [5, 5.41) is 0. The third-order valence-electron chi connectivity index (χ3n) is 4.18. The minimum atomic E-state index is -0.248. The lowest BCUT2D eigenvalue weighted by molar-refractivity contribution is 0.434. The standard InChI is InChI=1S/C17H21FN4/c1-12-6-8-22(9-7-12)17-20-15(11-19)10-16(21-17)13-2-4-14(18)5-3-13/h2-5,10,12H,6-9,11,19H2,1H3. The molecule has 1 aliphatic heterocycles. The summed E-state index contributed by atoms with van der Waals surface area (Å²) >= 11 is 0. The van der Waals surface area contributed by atoms with Gasteiger partial charge in [0.15, 0.2) is 0 Å². The Morgan fingerprint density at radius 2 is 1.86 bits per heavy atom. The van der Waals surface area contributed by atoms with Crippen LogP contribution in [-0.2, 0) is 6.54 Å². The first kappa shape index (κ1) is 14.9. The summed E-state index contributed by atoms with van der Waals surface area (Å²) in [5.74, 6) is 1.24. The molecule has 3 rings (SSSR count). The molecule has 116 valence electrons. The van der Waals surface area contributed by atoms with Crippen molar-refractivity contribution in [1.29, 1.82) is 0 Å². The van der Waals surface area contributed by atoms with Crippen molar-refractivity contribution in [2.24, 2.45) is 11.7 Å². The van der Waals surface area contributed by atoms with E-state index in [0.717, 1.165) is 54.7 Å². The first-order chi connectivity index (χ1) is 10.7. The quantitative estimate of drug-likeness (QED) is 0.947. The first-order valence-corrected chi connectivity index (χ1v) is 7.74. The minimum absolute atomic E-state index is 0.248. The fourth-order valence-corrected chi connectivity index (χ4v) is 2.71. The van der Waals surface area contributed by atoms with Gasteiger partial charge in [0.1, 0.15) is 5.82 Å². The van der Waals surface area contributed by atoms with E-state index in [1.54, 1.807) is 12.1 Å². The molecular formula is C17H21FN4. The number of hydrogen-bond donors (Lipinski definition) is 1. The second-order valence-corrected chi connectivity index (χ2v) is 5.93. The molecule has 5 heteroatoms. The number of nitrogens with zero attached hydrogens (tertiary/aromatic N) is 3. The molecule has 0 unspecified atom stereocenters. The summed E-state index contributed by atoms with van der Waals surface area (Å²) in [6.07, 6.45) is 2.31. The van der Waals surface area contributed by atoms with E-state index in [0.29, 0.717) is 6.54 Å². The van der Waals surface area contributed by atoms with Crippen LogP contribution in [0.5, 0.6) is 0 Å². The van der Waals surface area contributed by atoms with Gasteiger partial charge in [-0.05, 0) is 49.1 Å². The largest absolute Gasteiger partial charge is 0.341 e. The zero-order valence-corrected chi connectivity index (χ0v) is 12.8. The zero-order valence-electron chi connectivity index (χ0n) is 12.8. The molecule has 0 amide bonds. The Labute approximate surface area is 130 Å². The van der Waals surface area contributed by atoms with Crippen LogP contribution in [0.4, 0.5) is 10.3 Å². The Kier molecular flexibility index (Phi) is 4.34. The fraction of sp³-hybridized carbons (Fsp3) is 0.412. The molecule has 1 fully saturated rings. The lowest BCUT2D eigenvalue weighted by Gasteiger charge is -2.30. The van der Waals surface area contributed by atoms with Gasteiger partial charge in [-0.1, -0.05) is 6.92 Å². The third kappa shape index (κ3) is 3.25. The van der Waals surface area contributed by atoms with Crippen molar-refractivity contribution in [3.63, 3.8) is 0 Å². The zero-order chi connectivity index (χ0) is 15.5. The number of piperidine rings is 1. The molecule has 0 atom stereocenters. The number of benzene rings is 1. The molecular weight excluding hydrogens is 279 g/mol. The van der Waals surface area contributed by atoms with Crippen LogP contribution >= 0.6 is 0 Å². The highest BCUT2D eigenvalue weighted by atomic mass is 19.1. The topological polar surface area (TPSA) is 55.0 Å². The highest BCUT2D eigenvalue weighted by Gasteiger charge is 2.19. The Morgan fingerprint density at radius 1 is 1.18 bits per heavy atom.